The van der Waals surface area contributed by atoms with Gasteiger partial charge in [-0.2, -0.15) is 0 Å². The third kappa shape index (κ3) is 21.4. The van der Waals surface area contributed by atoms with Gasteiger partial charge in [-0.05, 0) is 19.3 Å². The third-order valence-corrected chi connectivity index (χ3v) is 5.58. The van der Waals surface area contributed by atoms with Crippen molar-refractivity contribution in [1.82, 2.24) is 4.57 Å². The molecule has 0 saturated carbocycles. The van der Waals surface area contributed by atoms with Gasteiger partial charge in [-0.3, -0.25) is 0 Å². The van der Waals surface area contributed by atoms with Crippen molar-refractivity contribution < 1.29 is 14.5 Å². The summed E-state index contributed by atoms with van der Waals surface area (Å²) in [5.74, 6) is -0.903. The molecule has 0 aliphatic heterocycles. The Labute approximate surface area is 187 Å². The molecule has 0 aliphatic carbocycles. The fourth-order valence-electron chi connectivity index (χ4n) is 3.62. The summed E-state index contributed by atoms with van der Waals surface area (Å²) in [5.41, 5.74) is 0. The zero-order valence-electron chi connectivity index (χ0n) is 20.4. The highest BCUT2D eigenvalue weighted by atomic mass is 16.4. The van der Waals surface area contributed by atoms with Crippen LogP contribution in [0.15, 0.2) is 18.7 Å². The standard InChI is InChI=1S/C18H36O2.C8H15N2/c1-2-3-4-5-6-7-8-9-10-11-12-13-14-15-16-17-18(19)20;1-3-4-5-10-7-6-9(2)8-10/h2-17H2,1H3,(H,19,20);6-8H,3-5H2,1-2H3/q;+1/p-1. The maximum Gasteiger partial charge on any atom is 0.243 e. The number of carbonyl (C=O) groups is 1. The third-order valence-electron chi connectivity index (χ3n) is 5.58. The van der Waals surface area contributed by atoms with Crippen molar-refractivity contribution in [2.75, 3.05) is 0 Å². The number of aryl methyl sites for hydroxylation is 2. The molecule has 4 nitrogen and oxygen atoms in total. The molecule has 0 aliphatic rings. The molecule has 0 N–H and O–H groups in total. The fraction of sp³-hybridized carbons (Fsp3) is 0.846. The number of carboxylic acid groups (broad SMARTS) is 1. The summed E-state index contributed by atoms with van der Waals surface area (Å²) in [4.78, 5) is 10.2. The first-order chi connectivity index (χ1) is 14.6. The summed E-state index contributed by atoms with van der Waals surface area (Å²) < 4.78 is 4.28. The van der Waals surface area contributed by atoms with Crippen molar-refractivity contribution in [3.63, 3.8) is 0 Å². The van der Waals surface area contributed by atoms with E-state index in [1.165, 1.54) is 96.3 Å². The molecule has 1 aromatic rings. The smallest absolute Gasteiger partial charge is 0.243 e. The molecule has 0 fully saturated rings. The largest absolute Gasteiger partial charge is 0.550 e. The molecule has 176 valence electrons. The highest BCUT2D eigenvalue weighted by molar-refractivity contribution is 5.63. The molecule has 0 saturated heterocycles. The van der Waals surface area contributed by atoms with Crippen LogP contribution < -0.4 is 9.67 Å². The van der Waals surface area contributed by atoms with Crippen molar-refractivity contribution in [3.05, 3.63) is 18.7 Å². The number of aliphatic carboxylic acids is 1. The minimum Gasteiger partial charge on any atom is -0.550 e. The molecule has 0 bridgehead atoms. The Morgan fingerprint density at radius 1 is 0.733 bits per heavy atom. The number of hydrogen-bond acceptors (Lipinski definition) is 2. The molecule has 0 atom stereocenters. The van der Waals surface area contributed by atoms with Crippen molar-refractivity contribution in [2.24, 2.45) is 7.05 Å². The predicted molar refractivity (Wildman–Crippen MR) is 125 cm³/mol. The lowest BCUT2D eigenvalue weighted by Crippen LogP contribution is -2.23. The van der Waals surface area contributed by atoms with E-state index in [0.717, 1.165) is 19.4 Å². The van der Waals surface area contributed by atoms with E-state index >= 15 is 0 Å². The van der Waals surface area contributed by atoms with Crippen LogP contribution in [-0.2, 0) is 18.4 Å². The minimum atomic E-state index is -0.903. The van der Waals surface area contributed by atoms with Gasteiger partial charge in [-0.1, -0.05) is 110 Å². The number of aromatic nitrogens is 2. The van der Waals surface area contributed by atoms with Crippen LogP contribution in [0.1, 0.15) is 129 Å². The number of nitrogens with zero attached hydrogens (tertiary/aromatic N) is 2. The van der Waals surface area contributed by atoms with E-state index in [1.807, 2.05) is 7.05 Å². The molecule has 0 unspecified atom stereocenters. The number of imidazole rings is 1. The van der Waals surface area contributed by atoms with Gasteiger partial charge in [0.2, 0.25) is 6.33 Å². The number of carboxylic acids is 1. The van der Waals surface area contributed by atoms with Crippen molar-refractivity contribution >= 4 is 5.97 Å². The lowest BCUT2D eigenvalue weighted by atomic mass is 10.0. The van der Waals surface area contributed by atoms with Gasteiger partial charge in [0.05, 0.1) is 13.6 Å². The average Bonchev–Trinajstić information content (AvgIpc) is 3.14. The normalized spacial score (nSPS) is 10.6. The Morgan fingerprint density at radius 3 is 1.53 bits per heavy atom. The van der Waals surface area contributed by atoms with Crippen LogP contribution in [-0.4, -0.2) is 10.5 Å². The quantitative estimate of drug-likeness (QED) is 0.199. The van der Waals surface area contributed by atoms with Gasteiger partial charge in [0.25, 0.3) is 0 Å². The molecular formula is C26H50N2O2. The molecule has 0 radical (unpaired) electrons. The molecule has 1 heterocycles. The lowest BCUT2D eigenvalue weighted by molar-refractivity contribution is -0.671. The number of rotatable bonds is 19. The van der Waals surface area contributed by atoms with Gasteiger partial charge in [0.1, 0.15) is 12.4 Å². The molecule has 1 aromatic heterocycles. The number of unbranched alkanes of at least 4 members (excludes halogenated alkanes) is 15. The van der Waals surface area contributed by atoms with E-state index in [1.54, 1.807) is 0 Å². The summed E-state index contributed by atoms with van der Waals surface area (Å²) in [6.45, 7) is 5.63. The zero-order chi connectivity index (χ0) is 22.3. The first kappa shape index (κ1) is 28.7. The summed E-state index contributed by atoms with van der Waals surface area (Å²) in [7, 11) is 2.04. The second-order valence-corrected chi connectivity index (χ2v) is 8.74. The molecule has 1 rings (SSSR count). The first-order valence-corrected chi connectivity index (χ1v) is 12.8. The second kappa shape index (κ2) is 22.4. The van der Waals surface area contributed by atoms with Crippen LogP contribution in [0.3, 0.4) is 0 Å². The molecule has 4 heteroatoms. The molecule has 30 heavy (non-hydrogen) atoms. The van der Waals surface area contributed by atoms with Crippen LogP contribution >= 0.6 is 0 Å². The van der Waals surface area contributed by atoms with E-state index in [4.69, 9.17) is 0 Å². The lowest BCUT2D eigenvalue weighted by Gasteiger charge is -2.04. The Balaban J connectivity index is 0.000000696. The Kier molecular flexibility index (Phi) is 21.4. The van der Waals surface area contributed by atoms with Crippen LogP contribution in [0.25, 0.3) is 0 Å². The number of carbonyl (C=O) groups excluding carboxylic acids is 1. The highest BCUT2D eigenvalue weighted by Gasteiger charge is 1.97. The van der Waals surface area contributed by atoms with E-state index in [2.05, 4.69) is 41.7 Å². The maximum absolute atomic E-state index is 10.2. The first-order valence-electron chi connectivity index (χ1n) is 12.8. The average molecular weight is 423 g/mol. The fourth-order valence-corrected chi connectivity index (χ4v) is 3.62. The van der Waals surface area contributed by atoms with Crippen LogP contribution in [0, 0.1) is 0 Å². The summed E-state index contributed by atoms with van der Waals surface area (Å²) >= 11 is 0. The Morgan fingerprint density at radius 2 is 1.17 bits per heavy atom. The van der Waals surface area contributed by atoms with Crippen LogP contribution in [0.4, 0.5) is 0 Å². The van der Waals surface area contributed by atoms with Gasteiger partial charge >= 0.3 is 0 Å². The van der Waals surface area contributed by atoms with Gasteiger partial charge in [-0.25, -0.2) is 9.13 Å². The van der Waals surface area contributed by atoms with Crippen LogP contribution in [0.5, 0.6) is 0 Å². The maximum atomic E-state index is 10.2. The van der Waals surface area contributed by atoms with E-state index < -0.39 is 5.97 Å². The highest BCUT2D eigenvalue weighted by Crippen LogP contribution is 2.13. The predicted octanol–water partition coefficient (Wildman–Crippen LogP) is 6.11. The molecular weight excluding hydrogens is 372 g/mol. The monoisotopic (exact) mass is 422 g/mol. The minimum absolute atomic E-state index is 0.234. The van der Waals surface area contributed by atoms with Gasteiger partial charge in [0.15, 0.2) is 0 Å². The Bertz CT molecular complexity index is 485. The van der Waals surface area contributed by atoms with Gasteiger partial charge < -0.3 is 9.90 Å². The van der Waals surface area contributed by atoms with Crippen molar-refractivity contribution in [1.29, 1.82) is 0 Å². The summed E-state index contributed by atoms with van der Waals surface area (Å²) in [6, 6.07) is 0. The molecule has 0 spiro atoms. The topological polar surface area (TPSA) is 48.9 Å². The summed E-state index contributed by atoms with van der Waals surface area (Å²) in [5, 5.41) is 10.2. The number of hydrogen-bond donors (Lipinski definition) is 0. The Hall–Kier alpha value is -1.32. The van der Waals surface area contributed by atoms with Gasteiger partial charge in [0, 0.05) is 5.97 Å². The van der Waals surface area contributed by atoms with E-state index in [9.17, 15) is 9.90 Å². The second-order valence-electron chi connectivity index (χ2n) is 8.74. The molecule has 0 amide bonds. The SMILES string of the molecule is CCCCCCCCCCCCCCCCCC(=O)[O-].CCCCn1cc[n+](C)c1. The van der Waals surface area contributed by atoms with Crippen LogP contribution in [0.2, 0.25) is 0 Å². The summed E-state index contributed by atoms with van der Waals surface area (Å²) in [6.07, 6.45) is 28.7. The van der Waals surface area contributed by atoms with E-state index in [-0.39, 0.29) is 6.42 Å². The zero-order valence-corrected chi connectivity index (χ0v) is 20.4. The van der Waals surface area contributed by atoms with Crippen molar-refractivity contribution in [2.45, 2.75) is 136 Å². The molecule has 0 aromatic carbocycles. The van der Waals surface area contributed by atoms with Crippen molar-refractivity contribution in [3.8, 4) is 0 Å². The van der Waals surface area contributed by atoms with Gasteiger partial charge in [-0.15, -0.1) is 0 Å². The van der Waals surface area contributed by atoms with E-state index in [0.29, 0.717) is 0 Å².